The van der Waals surface area contributed by atoms with Crippen LogP contribution in [0.25, 0.3) is 0 Å². The van der Waals surface area contributed by atoms with Crippen molar-refractivity contribution in [2.45, 2.75) is 32.0 Å². The standard InChI is InChI=1S/C18H18F4O3/c1-11-7-8-16(24-3)15(9-11)17(23,18(20,21)22)13-5-4-6-14(10-13)25-12(2)19/h4-10,12,23H,1-3H3. The Kier molecular flexibility index (Phi) is 5.27. The molecule has 7 heteroatoms. The molecule has 0 spiro atoms. The van der Waals surface area contributed by atoms with Crippen molar-refractivity contribution >= 4 is 0 Å². The average Bonchev–Trinajstić information content (AvgIpc) is 2.52. The molecule has 3 nitrogen and oxygen atoms in total. The first-order valence-electron chi connectivity index (χ1n) is 7.45. The molecule has 136 valence electrons. The lowest BCUT2D eigenvalue weighted by molar-refractivity contribution is -0.248. The molecule has 2 unspecified atom stereocenters. The maximum absolute atomic E-state index is 13.9. The zero-order valence-electron chi connectivity index (χ0n) is 13.9. The van der Waals surface area contributed by atoms with E-state index in [-0.39, 0.29) is 11.5 Å². The van der Waals surface area contributed by atoms with Crippen LogP contribution in [0.15, 0.2) is 42.5 Å². The van der Waals surface area contributed by atoms with Gasteiger partial charge >= 0.3 is 6.18 Å². The van der Waals surface area contributed by atoms with Gasteiger partial charge in [-0.1, -0.05) is 23.8 Å². The van der Waals surface area contributed by atoms with Crippen LogP contribution in [0.4, 0.5) is 17.6 Å². The summed E-state index contributed by atoms with van der Waals surface area (Å²) in [4.78, 5) is 0. The number of methoxy groups -OCH3 is 1. The molecule has 0 saturated heterocycles. The van der Waals surface area contributed by atoms with Crippen LogP contribution in [0.5, 0.6) is 11.5 Å². The molecule has 2 atom stereocenters. The second kappa shape index (κ2) is 6.92. The summed E-state index contributed by atoms with van der Waals surface area (Å²) in [5, 5.41) is 10.7. The molecule has 1 N–H and O–H groups in total. The minimum atomic E-state index is -5.05. The number of hydrogen-bond donors (Lipinski definition) is 1. The van der Waals surface area contributed by atoms with Gasteiger partial charge < -0.3 is 14.6 Å². The summed E-state index contributed by atoms with van der Waals surface area (Å²) in [6.07, 6.45) is -6.75. The number of halogens is 4. The van der Waals surface area contributed by atoms with Crippen LogP contribution < -0.4 is 9.47 Å². The lowest BCUT2D eigenvalue weighted by Crippen LogP contribution is -2.43. The van der Waals surface area contributed by atoms with Crippen molar-refractivity contribution in [3.63, 3.8) is 0 Å². The summed E-state index contributed by atoms with van der Waals surface area (Å²) >= 11 is 0. The molecule has 0 bridgehead atoms. The number of hydrogen-bond acceptors (Lipinski definition) is 3. The van der Waals surface area contributed by atoms with Gasteiger partial charge in [0.15, 0.2) is 0 Å². The van der Waals surface area contributed by atoms with Crippen molar-refractivity contribution in [1.82, 2.24) is 0 Å². The SMILES string of the molecule is COc1ccc(C)cc1C(O)(c1cccc(OC(C)F)c1)C(F)(F)F. The fourth-order valence-corrected chi connectivity index (χ4v) is 2.56. The van der Waals surface area contributed by atoms with Crippen molar-refractivity contribution in [3.8, 4) is 11.5 Å². The molecule has 25 heavy (non-hydrogen) atoms. The summed E-state index contributed by atoms with van der Waals surface area (Å²) in [7, 11) is 1.22. The molecule has 0 saturated carbocycles. The van der Waals surface area contributed by atoms with Crippen LogP contribution in [0.1, 0.15) is 23.6 Å². The Labute approximate surface area is 142 Å². The van der Waals surface area contributed by atoms with E-state index in [1.807, 2.05) is 0 Å². The third-order valence-electron chi connectivity index (χ3n) is 3.71. The maximum Gasteiger partial charge on any atom is 0.425 e. The van der Waals surface area contributed by atoms with Crippen molar-refractivity contribution in [1.29, 1.82) is 0 Å². The fraction of sp³-hybridized carbons (Fsp3) is 0.333. The van der Waals surface area contributed by atoms with Crippen LogP contribution in [-0.4, -0.2) is 24.8 Å². The van der Waals surface area contributed by atoms with Gasteiger partial charge in [-0.2, -0.15) is 13.2 Å². The zero-order chi connectivity index (χ0) is 18.8. The number of aryl methyl sites for hydroxylation is 1. The Morgan fingerprint density at radius 1 is 1.08 bits per heavy atom. The molecule has 0 aliphatic carbocycles. The minimum Gasteiger partial charge on any atom is -0.496 e. The molecule has 0 aromatic heterocycles. The van der Waals surface area contributed by atoms with Crippen molar-refractivity contribution in [2.24, 2.45) is 0 Å². The average molecular weight is 358 g/mol. The van der Waals surface area contributed by atoms with E-state index in [1.54, 1.807) is 13.0 Å². The molecule has 2 aromatic carbocycles. The van der Waals surface area contributed by atoms with E-state index >= 15 is 0 Å². The third kappa shape index (κ3) is 3.71. The van der Waals surface area contributed by atoms with E-state index in [9.17, 15) is 22.7 Å². The normalized spacial score (nSPS) is 15.4. The number of alkyl halides is 4. The predicted octanol–water partition coefficient (Wildman–Crippen LogP) is 4.50. The largest absolute Gasteiger partial charge is 0.496 e. The van der Waals surface area contributed by atoms with Crippen molar-refractivity contribution in [3.05, 3.63) is 59.2 Å². The second-order valence-corrected chi connectivity index (χ2v) is 5.60. The van der Waals surface area contributed by atoms with E-state index in [4.69, 9.17) is 9.47 Å². The Morgan fingerprint density at radius 2 is 1.76 bits per heavy atom. The maximum atomic E-state index is 13.9. The summed E-state index contributed by atoms with van der Waals surface area (Å²) in [5.41, 5.74) is -3.78. The number of benzene rings is 2. The van der Waals surface area contributed by atoms with Crippen molar-refractivity contribution < 1.29 is 32.1 Å². The number of ether oxygens (including phenoxy) is 2. The summed E-state index contributed by atoms with van der Waals surface area (Å²) < 4.78 is 64.5. The quantitative estimate of drug-likeness (QED) is 0.800. The summed E-state index contributed by atoms with van der Waals surface area (Å²) in [6.45, 7) is 2.70. The molecule has 0 aliphatic rings. The number of rotatable bonds is 5. The highest BCUT2D eigenvalue weighted by atomic mass is 19.4. The minimum absolute atomic E-state index is 0.115. The summed E-state index contributed by atoms with van der Waals surface area (Å²) in [5.74, 6) is -0.239. The fourth-order valence-electron chi connectivity index (χ4n) is 2.56. The van der Waals surface area contributed by atoms with Gasteiger partial charge in [0.25, 0.3) is 0 Å². The first kappa shape index (κ1) is 19.1. The van der Waals surface area contributed by atoms with Crippen LogP contribution in [0.2, 0.25) is 0 Å². The highest BCUT2D eigenvalue weighted by molar-refractivity contribution is 5.49. The monoisotopic (exact) mass is 358 g/mol. The van der Waals surface area contributed by atoms with Crippen LogP contribution in [-0.2, 0) is 5.60 Å². The highest BCUT2D eigenvalue weighted by Gasteiger charge is 2.57. The smallest absolute Gasteiger partial charge is 0.425 e. The first-order valence-corrected chi connectivity index (χ1v) is 7.45. The molecule has 0 radical (unpaired) electrons. The van der Waals surface area contributed by atoms with Gasteiger partial charge in [-0.3, -0.25) is 0 Å². The Morgan fingerprint density at radius 3 is 2.32 bits per heavy atom. The van der Waals surface area contributed by atoms with Gasteiger partial charge in [-0.25, -0.2) is 4.39 Å². The third-order valence-corrected chi connectivity index (χ3v) is 3.71. The first-order chi connectivity index (χ1) is 11.6. The van der Waals surface area contributed by atoms with Gasteiger partial charge in [0.05, 0.1) is 7.11 Å². The molecule has 0 heterocycles. The molecule has 2 rings (SSSR count). The number of aliphatic hydroxyl groups is 1. The molecule has 0 aliphatic heterocycles. The Hall–Kier alpha value is -2.28. The van der Waals surface area contributed by atoms with Crippen molar-refractivity contribution in [2.75, 3.05) is 7.11 Å². The molecule has 0 fully saturated rings. The topological polar surface area (TPSA) is 38.7 Å². The second-order valence-electron chi connectivity index (χ2n) is 5.60. The van der Waals surface area contributed by atoms with Crippen LogP contribution in [0, 0.1) is 6.92 Å². The predicted molar refractivity (Wildman–Crippen MR) is 84.4 cm³/mol. The lowest BCUT2D eigenvalue weighted by Gasteiger charge is -2.33. The van der Waals surface area contributed by atoms with E-state index < -0.39 is 29.3 Å². The highest BCUT2D eigenvalue weighted by Crippen LogP contribution is 2.48. The molecule has 2 aromatic rings. The molecular formula is C18H18F4O3. The van der Waals surface area contributed by atoms with E-state index in [2.05, 4.69) is 0 Å². The van der Waals surface area contributed by atoms with Crippen LogP contribution >= 0.6 is 0 Å². The summed E-state index contributed by atoms with van der Waals surface area (Å²) in [6, 6.07) is 8.76. The van der Waals surface area contributed by atoms with E-state index in [0.717, 1.165) is 19.1 Å². The van der Waals surface area contributed by atoms with Gasteiger partial charge in [-0.15, -0.1) is 0 Å². The lowest BCUT2D eigenvalue weighted by atomic mass is 9.84. The Balaban J connectivity index is 2.71. The van der Waals surface area contributed by atoms with Crippen LogP contribution in [0.3, 0.4) is 0 Å². The van der Waals surface area contributed by atoms with E-state index in [1.165, 1.54) is 31.4 Å². The van der Waals surface area contributed by atoms with Gasteiger partial charge in [0.1, 0.15) is 11.5 Å². The van der Waals surface area contributed by atoms with Gasteiger partial charge in [-0.05, 0) is 31.2 Å². The Bertz CT molecular complexity index is 743. The molecular weight excluding hydrogens is 340 g/mol. The van der Waals surface area contributed by atoms with E-state index in [0.29, 0.717) is 5.56 Å². The molecule has 0 amide bonds. The van der Waals surface area contributed by atoms with Gasteiger partial charge in [0.2, 0.25) is 12.0 Å². The van der Waals surface area contributed by atoms with Gasteiger partial charge in [0, 0.05) is 18.1 Å². The zero-order valence-corrected chi connectivity index (χ0v) is 13.9.